The number of nitrogen functional groups attached to an aromatic ring is 1. The summed E-state index contributed by atoms with van der Waals surface area (Å²) in [4.78, 5) is 0. The quantitative estimate of drug-likeness (QED) is 0.709. The van der Waals surface area contributed by atoms with E-state index in [1.165, 1.54) is 12.1 Å². The second-order valence-electron chi connectivity index (χ2n) is 5.83. The minimum Gasteiger partial charge on any atom is -0.435 e. The Hall–Kier alpha value is -2.81. The highest BCUT2D eigenvalue weighted by Gasteiger charge is 2.16. The molecule has 0 bridgehead atoms. The highest BCUT2D eigenvalue weighted by atomic mass is 32.2. The van der Waals surface area contributed by atoms with Crippen LogP contribution in [0.1, 0.15) is 0 Å². The van der Waals surface area contributed by atoms with Crippen LogP contribution < -0.4 is 15.2 Å². The molecule has 0 aliphatic carbocycles. The van der Waals surface area contributed by atoms with Crippen LogP contribution in [0, 0.1) is 0 Å². The van der Waals surface area contributed by atoms with Crippen LogP contribution in [0.3, 0.4) is 0 Å². The van der Waals surface area contributed by atoms with Gasteiger partial charge >= 0.3 is 6.61 Å². The van der Waals surface area contributed by atoms with Crippen LogP contribution in [0.25, 0.3) is 22.2 Å². The zero-order chi connectivity index (χ0) is 19.1. The Labute approximate surface area is 149 Å². The average Bonchev–Trinajstić information content (AvgIpc) is 2.77. The lowest BCUT2D eigenvalue weighted by molar-refractivity contribution is -0.0497. The van der Waals surface area contributed by atoms with Gasteiger partial charge in [-0.25, -0.2) is 8.42 Å². The van der Waals surface area contributed by atoms with Crippen molar-refractivity contribution < 1.29 is 21.9 Å². The summed E-state index contributed by atoms with van der Waals surface area (Å²) in [5.41, 5.74) is 9.27. The van der Waals surface area contributed by atoms with Crippen LogP contribution in [0.4, 0.5) is 20.2 Å². The molecular weight excluding hydrogens is 364 g/mol. The molecule has 1 aromatic heterocycles. The van der Waals surface area contributed by atoms with Crippen molar-refractivity contribution in [1.29, 1.82) is 0 Å². The van der Waals surface area contributed by atoms with Gasteiger partial charge in [-0.2, -0.15) is 8.78 Å². The molecule has 3 rings (SSSR count). The van der Waals surface area contributed by atoms with Crippen molar-refractivity contribution in [2.45, 2.75) is 6.61 Å². The lowest BCUT2D eigenvalue weighted by Crippen LogP contribution is -2.09. The molecule has 0 saturated carbocycles. The number of benzene rings is 2. The number of anilines is 2. The maximum Gasteiger partial charge on any atom is 0.387 e. The summed E-state index contributed by atoms with van der Waals surface area (Å²) in [5, 5.41) is 0.711. The minimum atomic E-state index is -3.36. The molecule has 0 fully saturated rings. The normalized spacial score (nSPS) is 11.9. The van der Waals surface area contributed by atoms with E-state index in [1.807, 2.05) is 0 Å². The number of ether oxygens (including phenoxy) is 1. The Morgan fingerprint density at radius 1 is 1.15 bits per heavy atom. The smallest absolute Gasteiger partial charge is 0.387 e. The third-order valence-electron chi connectivity index (χ3n) is 3.90. The molecule has 3 aromatic rings. The molecule has 0 aliphatic heterocycles. The summed E-state index contributed by atoms with van der Waals surface area (Å²) in [6, 6.07) is 11.3. The topological polar surface area (TPSA) is 86.4 Å². The summed E-state index contributed by atoms with van der Waals surface area (Å²) in [6.07, 6.45) is 1.07. The molecule has 0 radical (unpaired) electrons. The number of halogens is 2. The van der Waals surface area contributed by atoms with E-state index in [2.05, 4.69) is 9.46 Å². The van der Waals surface area contributed by atoms with Crippen LogP contribution in [0.2, 0.25) is 0 Å². The van der Waals surface area contributed by atoms with E-state index in [-0.39, 0.29) is 5.75 Å². The van der Waals surface area contributed by atoms with Crippen molar-refractivity contribution in [3.63, 3.8) is 0 Å². The van der Waals surface area contributed by atoms with Gasteiger partial charge in [0.2, 0.25) is 10.0 Å². The number of sulfonamides is 1. The predicted molar refractivity (Wildman–Crippen MR) is 97.9 cm³/mol. The predicted octanol–water partition coefficient (Wildman–Crippen LogP) is 3.40. The maximum atomic E-state index is 12.4. The highest BCUT2D eigenvalue weighted by Crippen LogP contribution is 2.37. The number of nitrogens with two attached hydrogens (primary N) is 1. The van der Waals surface area contributed by atoms with Gasteiger partial charge in [0.15, 0.2) is 0 Å². The van der Waals surface area contributed by atoms with Gasteiger partial charge in [-0.05, 0) is 24.3 Å². The summed E-state index contributed by atoms with van der Waals surface area (Å²) < 4.78 is 56.0. The molecule has 9 heteroatoms. The molecule has 3 N–H and O–H groups in total. The fraction of sp³-hybridized carbons (Fsp3) is 0.176. The van der Waals surface area contributed by atoms with Crippen molar-refractivity contribution in [3.05, 3.63) is 42.5 Å². The van der Waals surface area contributed by atoms with Crippen molar-refractivity contribution in [1.82, 2.24) is 4.57 Å². The summed E-state index contributed by atoms with van der Waals surface area (Å²) >= 11 is 0. The average molecular weight is 381 g/mol. The van der Waals surface area contributed by atoms with Gasteiger partial charge in [0, 0.05) is 29.8 Å². The number of rotatable bonds is 5. The summed E-state index contributed by atoms with van der Waals surface area (Å²) in [7, 11) is -1.59. The number of alkyl halides is 2. The van der Waals surface area contributed by atoms with Gasteiger partial charge < -0.3 is 15.0 Å². The molecule has 0 atom stereocenters. The number of nitrogens with one attached hydrogen (secondary N) is 1. The van der Waals surface area contributed by atoms with Crippen LogP contribution in [-0.4, -0.2) is 25.9 Å². The molecule has 138 valence electrons. The first-order valence-corrected chi connectivity index (χ1v) is 9.46. The summed E-state index contributed by atoms with van der Waals surface area (Å²) in [6.45, 7) is -2.90. The van der Waals surface area contributed by atoms with Crippen LogP contribution in [-0.2, 0) is 17.1 Å². The molecule has 0 spiro atoms. The Morgan fingerprint density at radius 2 is 1.81 bits per heavy atom. The first-order chi connectivity index (χ1) is 12.2. The zero-order valence-corrected chi connectivity index (χ0v) is 14.8. The SMILES string of the molecule is Cn1c(-c2ccc(NS(C)(=O)=O)cc2)c(N)c2ccc(OC(F)F)cc21. The van der Waals surface area contributed by atoms with Gasteiger partial charge in [-0.3, -0.25) is 4.72 Å². The zero-order valence-electron chi connectivity index (χ0n) is 14.0. The molecule has 26 heavy (non-hydrogen) atoms. The molecule has 6 nitrogen and oxygen atoms in total. The van der Waals surface area contributed by atoms with Crippen molar-refractivity contribution >= 4 is 32.3 Å². The van der Waals surface area contributed by atoms with E-state index in [0.717, 1.165) is 11.8 Å². The third-order valence-corrected chi connectivity index (χ3v) is 4.50. The van der Waals surface area contributed by atoms with Crippen LogP contribution >= 0.6 is 0 Å². The largest absolute Gasteiger partial charge is 0.435 e. The standard InChI is InChI=1S/C17H17F2N3O3S/c1-22-14-9-12(25-17(18)19)7-8-13(14)15(20)16(22)10-3-5-11(6-4-10)21-26(2,23)24/h3-9,17,21H,20H2,1-2H3. The molecule has 0 amide bonds. The summed E-state index contributed by atoms with van der Waals surface area (Å²) in [5.74, 6) is 0.0485. The Bertz CT molecular complexity index is 1060. The molecular formula is C17H17F2N3O3S. The van der Waals surface area contributed by atoms with E-state index >= 15 is 0 Å². The molecule has 0 aliphatic rings. The lowest BCUT2D eigenvalue weighted by atomic mass is 10.1. The van der Waals surface area contributed by atoms with Gasteiger partial charge in [-0.1, -0.05) is 12.1 Å². The number of hydrogen-bond acceptors (Lipinski definition) is 4. The van der Waals surface area contributed by atoms with Gasteiger partial charge in [-0.15, -0.1) is 0 Å². The maximum absolute atomic E-state index is 12.4. The number of nitrogens with zero attached hydrogens (tertiary/aromatic N) is 1. The number of fused-ring (bicyclic) bond motifs is 1. The van der Waals surface area contributed by atoms with Gasteiger partial charge in [0.25, 0.3) is 0 Å². The Balaban J connectivity index is 2.04. The van der Waals surface area contributed by atoms with E-state index < -0.39 is 16.6 Å². The third kappa shape index (κ3) is 3.57. The van der Waals surface area contributed by atoms with Gasteiger partial charge in [0.05, 0.1) is 23.2 Å². The Morgan fingerprint density at radius 3 is 2.38 bits per heavy atom. The lowest BCUT2D eigenvalue weighted by Gasteiger charge is -2.08. The molecule has 1 heterocycles. The number of aromatic nitrogens is 1. The fourth-order valence-electron chi connectivity index (χ4n) is 2.88. The van der Waals surface area contributed by atoms with E-state index in [1.54, 1.807) is 41.9 Å². The molecule has 0 unspecified atom stereocenters. The molecule has 2 aromatic carbocycles. The molecule has 0 saturated heterocycles. The second kappa shape index (κ2) is 6.49. The van der Waals surface area contributed by atoms with E-state index in [9.17, 15) is 17.2 Å². The van der Waals surface area contributed by atoms with Crippen molar-refractivity contribution in [2.75, 3.05) is 16.7 Å². The van der Waals surface area contributed by atoms with Crippen LogP contribution in [0.15, 0.2) is 42.5 Å². The van der Waals surface area contributed by atoms with Crippen molar-refractivity contribution in [3.8, 4) is 17.0 Å². The van der Waals surface area contributed by atoms with Crippen LogP contribution in [0.5, 0.6) is 5.75 Å². The van der Waals surface area contributed by atoms with E-state index in [4.69, 9.17) is 5.73 Å². The second-order valence-corrected chi connectivity index (χ2v) is 7.58. The van der Waals surface area contributed by atoms with Gasteiger partial charge in [0.1, 0.15) is 5.75 Å². The highest BCUT2D eigenvalue weighted by molar-refractivity contribution is 7.92. The van der Waals surface area contributed by atoms with E-state index in [0.29, 0.717) is 28.0 Å². The minimum absolute atomic E-state index is 0.0485. The number of hydrogen-bond donors (Lipinski definition) is 2. The number of aryl methyl sites for hydroxylation is 1. The fourth-order valence-corrected chi connectivity index (χ4v) is 3.45. The first-order valence-electron chi connectivity index (χ1n) is 7.56. The Kier molecular flexibility index (Phi) is 4.49. The van der Waals surface area contributed by atoms with Crippen molar-refractivity contribution in [2.24, 2.45) is 7.05 Å². The monoisotopic (exact) mass is 381 g/mol. The first kappa shape index (κ1) is 18.0.